The van der Waals surface area contributed by atoms with E-state index in [0.717, 1.165) is 23.6 Å². The first kappa shape index (κ1) is 19.2. The second-order valence-electron chi connectivity index (χ2n) is 6.95. The van der Waals surface area contributed by atoms with E-state index in [9.17, 15) is 13.2 Å². The lowest BCUT2D eigenvalue weighted by Gasteiger charge is -2.10. The summed E-state index contributed by atoms with van der Waals surface area (Å²) in [6, 6.07) is 10.5. The Hall–Kier alpha value is -2.16. The van der Waals surface area contributed by atoms with E-state index in [1.165, 1.54) is 49.1 Å². The first-order valence-electron chi connectivity index (χ1n) is 8.95. The first-order chi connectivity index (χ1) is 13.3. The topological polar surface area (TPSA) is 80.5 Å². The standard InChI is InChI=1S/C20H20N2O4S2/c1-22(2)28(24,25)16-8-9-19-17(11-16)21-20(26-19)27-12-18(23)15-7-6-13-4-3-5-14(13)10-15/h6-11H,3-5,12H2,1-2H3. The summed E-state index contributed by atoms with van der Waals surface area (Å²) in [7, 11) is -0.575. The molecule has 2 aromatic carbocycles. The Morgan fingerprint density at radius 2 is 1.93 bits per heavy atom. The SMILES string of the molecule is CN(C)S(=O)(=O)c1ccc2oc(SCC(=O)c3ccc4c(c3)CCC4)nc2c1. The van der Waals surface area contributed by atoms with E-state index in [4.69, 9.17) is 4.42 Å². The van der Waals surface area contributed by atoms with Crippen molar-refractivity contribution in [2.24, 2.45) is 0 Å². The highest BCUT2D eigenvalue weighted by Gasteiger charge is 2.19. The molecule has 0 bridgehead atoms. The number of rotatable bonds is 6. The molecule has 146 valence electrons. The molecule has 0 saturated heterocycles. The van der Waals surface area contributed by atoms with Gasteiger partial charge in [-0.15, -0.1) is 0 Å². The Labute approximate surface area is 168 Å². The van der Waals surface area contributed by atoms with Crippen LogP contribution in [-0.4, -0.2) is 43.3 Å². The second-order valence-corrected chi connectivity index (χ2v) is 10.0. The summed E-state index contributed by atoms with van der Waals surface area (Å²) in [5.74, 6) is 0.242. The van der Waals surface area contributed by atoms with E-state index in [-0.39, 0.29) is 16.4 Å². The van der Waals surface area contributed by atoms with Gasteiger partial charge in [-0.1, -0.05) is 23.9 Å². The van der Waals surface area contributed by atoms with E-state index in [1.54, 1.807) is 6.07 Å². The molecule has 1 aliphatic rings. The van der Waals surface area contributed by atoms with E-state index < -0.39 is 10.0 Å². The van der Waals surface area contributed by atoms with Gasteiger partial charge in [0.25, 0.3) is 5.22 Å². The minimum atomic E-state index is -3.54. The summed E-state index contributed by atoms with van der Waals surface area (Å²) in [5.41, 5.74) is 4.27. The number of benzene rings is 2. The summed E-state index contributed by atoms with van der Waals surface area (Å²) in [5, 5.41) is 0.351. The van der Waals surface area contributed by atoms with Gasteiger partial charge >= 0.3 is 0 Å². The quantitative estimate of drug-likeness (QED) is 0.452. The summed E-state index contributed by atoms with van der Waals surface area (Å²) in [4.78, 5) is 17.0. The highest BCUT2D eigenvalue weighted by atomic mass is 32.2. The van der Waals surface area contributed by atoms with Crippen LogP contribution < -0.4 is 0 Å². The molecule has 0 N–H and O–H groups in total. The molecule has 0 saturated carbocycles. The van der Waals surface area contributed by atoms with Gasteiger partial charge < -0.3 is 4.42 Å². The van der Waals surface area contributed by atoms with Crippen LogP contribution >= 0.6 is 11.8 Å². The minimum Gasteiger partial charge on any atom is -0.431 e. The predicted molar refractivity (Wildman–Crippen MR) is 108 cm³/mol. The molecule has 3 aromatic rings. The third kappa shape index (κ3) is 3.59. The number of aryl methyl sites for hydroxylation is 2. The molecule has 0 atom stereocenters. The molecular formula is C20H20N2O4S2. The molecule has 0 spiro atoms. The van der Waals surface area contributed by atoms with Crippen LogP contribution in [0.2, 0.25) is 0 Å². The maximum absolute atomic E-state index is 12.5. The molecule has 0 radical (unpaired) electrons. The van der Waals surface area contributed by atoms with Crippen molar-refractivity contribution in [3.05, 3.63) is 53.1 Å². The number of oxazole rings is 1. The van der Waals surface area contributed by atoms with Crippen molar-refractivity contribution in [2.45, 2.75) is 29.4 Å². The number of hydrogen-bond acceptors (Lipinski definition) is 6. The van der Waals surface area contributed by atoms with Crippen LogP contribution in [0.25, 0.3) is 11.1 Å². The number of aromatic nitrogens is 1. The molecule has 4 rings (SSSR count). The average molecular weight is 417 g/mol. The summed E-state index contributed by atoms with van der Waals surface area (Å²) in [6.07, 6.45) is 3.27. The minimum absolute atomic E-state index is 0.0258. The smallest absolute Gasteiger partial charge is 0.257 e. The average Bonchev–Trinajstić information content (AvgIpc) is 3.30. The lowest BCUT2D eigenvalue weighted by Crippen LogP contribution is -2.22. The molecular weight excluding hydrogens is 396 g/mol. The van der Waals surface area contributed by atoms with Gasteiger partial charge in [0, 0.05) is 19.7 Å². The van der Waals surface area contributed by atoms with E-state index >= 15 is 0 Å². The van der Waals surface area contributed by atoms with Gasteiger partial charge in [0.15, 0.2) is 11.4 Å². The van der Waals surface area contributed by atoms with Crippen molar-refractivity contribution in [1.82, 2.24) is 9.29 Å². The van der Waals surface area contributed by atoms with Crippen LogP contribution in [-0.2, 0) is 22.9 Å². The van der Waals surface area contributed by atoms with Crippen molar-refractivity contribution in [3.8, 4) is 0 Å². The lowest BCUT2D eigenvalue weighted by molar-refractivity contribution is 0.102. The fraction of sp³-hybridized carbons (Fsp3) is 0.300. The molecule has 0 unspecified atom stereocenters. The molecule has 1 aliphatic carbocycles. The third-order valence-corrected chi connectivity index (χ3v) is 7.50. The highest BCUT2D eigenvalue weighted by molar-refractivity contribution is 7.99. The number of hydrogen-bond donors (Lipinski definition) is 0. The fourth-order valence-electron chi connectivity index (χ4n) is 3.27. The van der Waals surface area contributed by atoms with Gasteiger partial charge in [-0.05, 0) is 54.7 Å². The van der Waals surface area contributed by atoms with Gasteiger partial charge in [-0.2, -0.15) is 0 Å². The van der Waals surface area contributed by atoms with Crippen molar-refractivity contribution in [1.29, 1.82) is 0 Å². The highest BCUT2D eigenvalue weighted by Crippen LogP contribution is 2.28. The number of sulfonamides is 1. The van der Waals surface area contributed by atoms with Crippen LogP contribution in [0.1, 0.15) is 27.9 Å². The fourth-order valence-corrected chi connectivity index (χ4v) is 4.93. The monoisotopic (exact) mass is 416 g/mol. The normalized spacial score (nSPS) is 14.0. The largest absolute Gasteiger partial charge is 0.431 e. The molecule has 0 fully saturated rings. The number of carbonyl (C=O) groups excluding carboxylic acids is 1. The molecule has 1 heterocycles. The van der Waals surface area contributed by atoms with Crippen LogP contribution in [0.15, 0.2) is 50.9 Å². The van der Waals surface area contributed by atoms with Crippen molar-refractivity contribution >= 4 is 38.7 Å². The number of Topliss-reactive ketones (excluding diaryl/α,β-unsaturated/α-hetero) is 1. The van der Waals surface area contributed by atoms with Crippen molar-refractivity contribution in [2.75, 3.05) is 19.8 Å². The maximum atomic E-state index is 12.5. The lowest BCUT2D eigenvalue weighted by atomic mass is 10.0. The Bertz CT molecular complexity index is 1170. The van der Waals surface area contributed by atoms with Gasteiger partial charge in [-0.25, -0.2) is 17.7 Å². The van der Waals surface area contributed by atoms with Gasteiger partial charge in [0.2, 0.25) is 10.0 Å². The molecule has 28 heavy (non-hydrogen) atoms. The Morgan fingerprint density at radius 3 is 2.71 bits per heavy atom. The number of carbonyl (C=O) groups is 1. The summed E-state index contributed by atoms with van der Waals surface area (Å²) >= 11 is 1.21. The van der Waals surface area contributed by atoms with Crippen LogP contribution in [0, 0.1) is 0 Å². The third-order valence-electron chi connectivity index (χ3n) is 4.87. The van der Waals surface area contributed by atoms with Crippen LogP contribution in [0.3, 0.4) is 0 Å². The zero-order chi connectivity index (χ0) is 19.9. The van der Waals surface area contributed by atoms with E-state index in [0.29, 0.717) is 21.9 Å². The zero-order valence-electron chi connectivity index (χ0n) is 15.6. The molecule has 6 nitrogen and oxygen atoms in total. The molecule has 1 aromatic heterocycles. The number of ketones is 1. The Balaban J connectivity index is 1.50. The van der Waals surface area contributed by atoms with Crippen molar-refractivity contribution < 1.29 is 17.6 Å². The van der Waals surface area contributed by atoms with Gasteiger partial charge in [-0.3, -0.25) is 4.79 Å². The molecule has 8 heteroatoms. The second kappa shape index (κ2) is 7.35. The Kier molecular flexibility index (Phi) is 5.03. The first-order valence-corrected chi connectivity index (χ1v) is 11.4. The maximum Gasteiger partial charge on any atom is 0.257 e. The van der Waals surface area contributed by atoms with E-state index in [1.807, 2.05) is 18.2 Å². The van der Waals surface area contributed by atoms with Gasteiger partial charge in [0.05, 0.1) is 10.6 Å². The van der Waals surface area contributed by atoms with Crippen LogP contribution in [0.5, 0.6) is 0 Å². The van der Waals surface area contributed by atoms with Gasteiger partial charge in [0.1, 0.15) is 5.52 Å². The predicted octanol–water partition coefficient (Wildman–Crippen LogP) is 3.54. The number of fused-ring (bicyclic) bond motifs is 2. The van der Waals surface area contributed by atoms with Crippen LogP contribution in [0.4, 0.5) is 0 Å². The summed E-state index contributed by atoms with van der Waals surface area (Å²) < 4.78 is 31.3. The molecule has 0 aliphatic heterocycles. The Morgan fingerprint density at radius 1 is 1.14 bits per heavy atom. The van der Waals surface area contributed by atoms with Crippen molar-refractivity contribution in [3.63, 3.8) is 0 Å². The number of nitrogens with zero attached hydrogens (tertiary/aromatic N) is 2. The zero-order valence-corrected chi connectivity index (χ0v) is 17.3. The van der Waals surface area contributed by atoms with E-state index in [2.05, 4.69) is 4.98 Å². The number of thioether (sulfide) groups is 1. The molecule has 0 amide bonds. The summed E-state index contributed by atoms with van der Waals surface area (Å²) in [6.45, 7) is 0.